The van der Waals surface area contributed by atoms with Gasteiger partial charge in [-0.1, -0.05) is 0 Å². The first-order valence-corrected chi connectivity index (χ1v) is 8.29. The standard InChI is InChI=1S/C18H21NO4S/c1-12(24-15-8-5-13(21-2)6-9-15)18(20)19-16-11-14(22-3)7-10-17(16)23-4/h5-12H,1-4H3,(H,19,20). The van der Waals surface area contributed by atoms with Gasteiger partial charge in [0.05, 0.1) is 32.3 Å². The van der Waals surface area contributed by atoms with Crippen LogP contribution in [0.25, 0.3) is 0 Å². The molecule has 6 heteroatoms. The Bertz CT molecular complexity index is 688. The highest BCUT2D eigenvalue weighted by molar-refractivity contribution is 8.00. The molecule has 24 heavy (non-hydrogen) atoms. The summed E-state index contributed by atoms with van der Waals surface area (Å²) in [5.74, 6) is 1.92. The number of hydrogen-bond donors (Lipinski definition) is 1. The largest absolute Gasteiger partial charge is 0.497 e. The molecule has 0 aromatic heterocycles. The SMILES string of the molecule is COc1ccc(SC(C)C(=O)Nc2cc(OC)ccc2OC)cc1. The fourth-order valence-corrected chi connectivity index (χ4v) is 2.93. The molecule has 5 nitrogen and oxygen atoms in total. The van der Waals surface area contributed by atoms with E-state index in [2.05, 4.69) is 5.32 Å². The van der Waals surface area contributed by atoms with E-state index in [1.54, 1.807) is 39.5 Å². The lowest BCUT2D eigenvalue weighted by atomic mass is 10.2. The number of thioether (sulfide) groups is 1. The molecule has 2 aromatic rings. The number of carbonyl (C=O) groups excluding carboxylic acids is 1. The van der Waals surface area contributed by atoms with Crippen LogP contribution >= 0.6 is 11.8 Å². The Balaban J connectivity index is 2.05. The molecular weight excluding hydrogens is 326 g/mol. The van der Waals surface area contributed by atoms with E-state index in [4.69, 9.17) is 14.2 Å². The van der Waals surface area contributed by atoms with Gasteiger partial charge in [0.15, 0.2) is 0 Å². The van der Waals surface area contributed by atoms with Crippen LogP contribution in [0.5, 0.6) is 17.2 Å². The summed E-state index contributed by atoms with van der Waals surface area (Å²) in [4.78, 5) is 13.5. The van der Waals surface area contributed by atoms with Gasteiger partial charge in [0.1, 0.15) is 17.2 Å². The van der Waals surface area contributed by atoms with E-state index in [1.165, 1.54) is 11.8 Å². The molecule has 128 valence electrons. The maximum absolute atomic E-state index is 12.5. The number of nitrogens with one attached hydrogen (secondary N) is 1. The molecule has 0 aliphatic heterocycles. The van der Waals surface area contributed by atoms with E-state index < -0.39 is 0 Å². The van der Waals surface area contributed by atoms with Crippen molar-refractivity contribution >= 4 is 23.4 Å². The van der Waals surface area contributed by atoms with Gasteiger partial charge in [0, 0.05) is 11.0 Å². The molecule has 2 aromatic carbocycles. The number of carbonyl (C=O) groups is 1. The molecule has 1 atom stereocenters. The zero-order chi connectivity index (χ0) is 17.5. The lowest BCUT2D eigenvalue weighted by Crippen LogP contribution is -2.22. The van der Waals surface area contributed by atoms with Gasteiger partial charge in [0.25, 0.3) is 0 Å². The molecule has 1 unspecified atom stereocenters. The highest BCUT2D eigenvalue weighted by atomic mass is 32.2. The minimum atomic E-state index is -0.269. The fraction of sp³-hybridized carbons (Fsp3) is 0.278. The summed E-state index contributed by atoms with van der Waals surface area (Å²) in [5.41, 5.74) is 0.587. The van der Waals surface area contributed by atoms with Crippen LogP contribution in [0.2, 0.25) is 0 Å². The Morgan fingerprint density at radius 1 is 0.958 bits per heavy atom. The third-order valence-corrected chi connectivity index (χ3v) is 4.52. The quantitative estimate of drug-likeness (QED) is 0.772. The number of methoxy groups -OCH3 is 3. The van der Waals surface area contributed by atoms with Gasteiger partial charge >= 0.3 is 0 Å². The summed E-state index contributed by atoms with van der Waals surface area (Å²) in [7, 11) is 4.77. The Kier molecular flexibility index (Phi) is 6.37. The summed E-state index contributed by atoms with van der Waals surface area (Å²) in [6.45, 7) is 1.86. The Labute approximate surface area is 146 Å². The predicted octanol–water partition coefficient (Wildman–Crippen LogP) is 3.83. The summed E-state index contributed by atoms with van der Waals surface area (Å²) in [5, 5.41) is 2.62. The van der Waals surface area contributed by atoms with Crippen LogP contribution in [-0.4, -0.2) is 32.5 Å². The van der Waals surface area contributed by atoms with Crippen molar-refractivity contribution in [3.8, 4) is 17.2 Å². The lowest BCUT2D eigenvalue weighted by Gasteiger charge is -2.15. The first-order valence-electron chi connectivity index (χ1n) is 7.41. The van der Waals surface area contributed by atoms with Gasteiger partial charge in [-0.15, -0.1) is 11.8 Å². The average molecular weight is 347 g/mol. The van der Waals surface area contributed by atoms with Crippen LogP contribution in [0.3, 0.4) is 0 Å². The minimum Gasteiger partial charge on any atom is -0.497 e. The molecule has 0 bridgehead atoms. The van der Waals surface area contributed by atoms with Crippen molar-refractivity contribution < 1.29 is 19.0 Å². The number of anilines is 1. The zero-order valence-electron chi connectivity index (χ0n) is 14.2. The van der Waals surface area contributed by atoms with Crippen LogP contribution in [0, 0.1) is 0 Å². The third kappa shape index (κ3) is 4.58. The molecule has 2 rings (SSSR count). The van der Waals surface area contributed by atoms with Crippen LogP contribution in [-0.2, 0) is 4.79 Å². The number of rotatable bonds is 7. The van der Waals surface area contributed by atoms with Crippen LogP contribution in [0.4, 0.5) is 5.69 Å². The molecule has 0 saturated heterocycles. The Morgan fingerprint density at radius 2 is 1.58 bits per heavy atom. The number of benzene rings is 2. The molecule has 1 amide bonds. The first kappa shape index (κ1) is 18.0. The van der Waals surface area contributed by atoms with E-state index in [-0.39, 0.29) is 11.2 Å². The fourth-order valence-electron chi connectivity index (χ4n) is 2.06. The number of amides is 1. The number of hydrogen-bond acceptors (Lipinski definition) is 5. The highest BCUT2D eigenvalue weighted by Gasteiger charge is 2.17. The number of ether oxygens (including phenoxy) is 3. The van der Waals surface area contributed by atoms with Crippen molar-refractivity contribution in [2.45, 2.75) is 17.1 Å². The van der Waals surface area contributed by atoms with Gasteiger partial charge in [-0.05, 0) is 43.3 Å². The van der Waals surface area contributed by atoms with Crippen LogP contribution < -0.4 is 19.5 Å². The maximum atomic E-state index is 12.5. The first-order chi connectivity index (χ1) is 11.6. The van der Waals surface area contributed by atoms with E-state index in [1.807, 2.05) is 31.2 Å². The van der Waals surface area contributed by atoms with Gasteiger partial charge in [-0.25, -0.2) is 0 Å². The van der Waals surface area contributed by atoms with Crippen molar-refractivity contribution in [1.29, 1.82) is 0 Å². The van der Waals surface area contributed by atoms with Crippen molar-refractivity contribution in [1.82, 2.24) is 0 Å². The van der Waals surface area contributed by atoms with Crippen molar-refractivity contribution in [3.05, 3.63) is 42.5 Å². The molecule has 0 fully saturated rings. The van der Waals surface area contributed by atoms with E-state index >= 15 is 0 Å². The van der Waals surface area contributed by atoms with Crippen molar-refractivity contribution in [2.75, 3.05) is 26.6 Å². The second kappa shape index (κ2) is 8.49. The minimum absolute atomic E-state index is 0.109. The van der Waals surface area contributed by atoms with Crippen molar-refractivity contribution in [3.63, 3.8) is 0 Å². The summed E-state index contributed by atoms with van der Waals surface area (Å²) in [6.07, 6.45) is 0. The monoisotopic (exact) mass is 347 g/mol. The molecule has 0 saturated carbocycles. The summed E-state index contributed by atoms with van der Waals surface area (Å²) in [6, 6.07) is 12.9. The maximum Gasteiger partial charge on any atom is 0.237 e. The normalized spacial score (nSPS) is 11.5. The molecule has 0 radical (unpaired) electrons. The smallest absolute Gasteiger partial charge is 0.237 e. The predicted molar refractivity (Wildman–Crippen MR) is 96.5 cm³/mol. The van der Waals surface area contributed by atoms with Crippen LogP contribution in [0.15, 0.2) is 47.4 Å². The van der Waals surface area contributed by atoms with E-state index in [0.29, 0.717) is 17.2 Å². The average Bonchev–Trinajstić information content (AvgIpc) is 2.62. The molecule has 0 spiro atoms. The Hall–Kier alpha value is -2.34. The lowest BCUT2D eigenvalue weighted by molar-refractivity contribution is -0.115. The Morgan fingerprint density at radius 3 is 2.17 bits per heavy atom. The molecule has 0 aliphatic carbocycles. The van der Waals surface area contributed by atoms with Gasteiger partial charge in [-0.3, -0.25) is 4.79 Å². The van der Waals surface area contributed by atoms with Crippen LogP contribution in [0.1, 0.15) is 6.92 Å². The summed E-state index contributed by atoms with van der Waals surface area (Å²) < 4.78 is 15.6. The molecular formula is C18H21NO4S. The second-order valence-electron chi connectivity index (χ2n) is 4.99. The highest BCUT2D eigenvalue weighted by Crippen LogP contribution is 2.31. The van der Waals surface area contributed by atoms with E-state index in [0.717, 1.165) is 10.6 Å². The topological polar surface area (TPSA) is 56.8 Å². The zero-order valence-corrected chi connectivity index (χ0v) is 15.0. The molecule has 1 N–H and O–H groups in total. The molecule has 0 heterocycles. The molecule has 0 aliphatic rings. The van der Waals surface area contributed by atoms with Gasteiger partial charge in [-0.2, -0.15) is 0 Å². The third-order valence-electron chi connectivity index (χ3n) is 3.41. The van der Waals surface area contributed by atoms with E-state index in [9.17, 15) is 4.79 Å². The summed E-state index contributed by atoms with van der Waals surface area (Å²) >= 11 is 1.47. The van der Waals surface area contributed by atoms with Gasteiger partial charge in [0.2, 0.25) is 5.91 Å². The van der Waals surface area contributed by atoms with Crippen molar-refractivity contribution in [2.24, 2.45) is 0 Å². The second-order valence-corrected chi connectivity index (χ2v) is 6.41. The van der Waals surface area contributed by atoms with Gasteiger partial charge < -0.3 is 19.5 Å².